The number of aromatic nitrogens is 1. The van der Waals surface area contributed by atoms with Gasteiger partial charge in [0.2, 0.25) is 5.75 Å². The van der Waals surface area contributed by atoms with Crippen LogP contribution in [0.2, 0.25) is 0 Å². The van der Waals surface area contributed by atoms with Gasteiger partial charge in [-0.3, -0.25) is 9.55 Å². The summed E-state index contributed by atoms with van der Waals surface area (Å²) in [6.07, 6.45) is 4.68. The molecule has 1 heterocycles. The molecule has 0 bridgehead atoms. The second-order valence-electron chi connectivity index (χ2n) is 5.18. The summed E-state index contributed by atoms with van der Waals surface area (Å²) in [4.78, 5) is 23.3. The van der Waals surface area contributed by atoms with Gasteiger partial charge in [-0.15, -0.1) is 0 Å². The van der Waals surface area contributed by atoms with Crippen molar-refractivity contribution in [2.45, 2.75) is 6.42 Å². The number of hydrogen-bond donors (Lipinski definition) is 2. The highest BCUT2D eigenvalue weighted by molar-refractivity contribution is 7.56. The number of benzene rings is 1. The topological polar surface area (TPSA) is 98.1 Å². The zero-order chi connectivity index (χ0) is 18.4. The maximum atomic E-state index is 11.9. The summed E-state index contributed by atoms with van der Waals surface area (Å²) in [6, 6.07) is 6.72. The highest BCUT2D eigenvalue weighted by Crippen LogP contribution is 2.48. The number of hydrogen-bond acceptors (Lipinski definition) is 5. The van der Waals surface area contributed by atoms with Crippen molar-refractivity contribution >= 4 is 13.7 Å². The number of rotatable bonds is 7. The Kier molecular flexibility index (Phi) is 6.20. The molecule has 7 nitrogen and oxygen atoms in total. The van der Waals surface area contributed by atoms with Crippen molar-refractivity contribution in [3.63, 3.8) is 0 Å². The zero-order valence-corrected chi connectivity index (χ0v) is 15.1. The molecule has 2 N–H and O–H groups in total. The van der Waals surface area contributed by atoms with Gasteiger partial charge in [-0.25, -0.2) is 0 Å². The Hall–Kier alpha value is -2.34. The summed E-state index contributed by atoms with van der Waals surface area (Å²) < 4.78 is 27.7. The first-order valence-electron chi connectivity index (χ1n) is 7.34. The Bertz CT molecular complexity index is 775. The molecular formula is C17H20NO6P. The molecule has 0 aliphatic heterocycles. The molecule has 0 aliphatic carbocycles. The summed E-state index contributed by atoms with van der Waals surface area (Å²) in [7, 11) is -0.0138. The van der Waals surface area contributed by atoms with Gasteiger partial charge in [0.15, 0.2) is 11.5 Å². The standard InChI is InChI=1S/C17H20NO6P/c1-22-15-9-13(10-16(23-2)17(15)24-3)8-14(25(19,20)21)7-12-5-4-6-18-11-12/h4-6,8-11H,7H2,1-3H3,(H2,19,20,21). The highest BCUT2D eigenvalue weighted by Gasteiger charge is 2.22. The number of ether oxygens (including phenoxy) is 3. The van der Waals surface area contributed by atoms with Gasteiger partial charge in [-0.2, -0.15) is 0 Å². The molecule has 1 aromatic carbocycles. The lowest BCUT2D eigenvalue weighted by atomic mass is 10.1. The van der Waals surface area contributed by atoms with Crippen LogP contribution in [0.5, 0.6) is 17.2 Å². The summed E-state index contributed by atoms with van der Waals surface area (Å²) in [5, 5.41) is -0.0326. The Morgan fingerprint density at radius 3 is 2.24 bits per heavy atom. The van der Waals surface area contributed by atoms with E-state index in [9.17, 15) is 14.4 Å². The largest absolute Gasteiger partial charge is 0.493 e. The van der Waals surface area contributed by atoms with E-state index in [1.807, 2.05) is 0 Å². The SMILES string of the molecule is COc1cc(C=C(Cc2cccnc2)P(=O)(O)O)cc(OC)c1OC. The van der Waals surface area contributed by atoms with Crippen LogP contribution >= 0.6 is 7.60 Å². The predicted octanol–water partition coefficient (Wildman–Crippen LogP) is 2.87. The first-order chi connectivity index (χ1) is 11.9. The second-order valence-corrected chi connectivity index (χ2v) is 6.84. The number of allylic oxidation sites excluding steroid dienone is 1. The summed E-state index contributed by atoms with van der Waals surface area (Å²) in [6.45, 7) is 0. The molecule has 0 radical (unpaired) electrons. The lowest BCUT2D eigenvalue weighted by Crippen LogP contribution is -1.97. The van der Waals surface area contributed by atoms with Gasteiger partial charge in [0.05, 0.1) is 21.3 Å². The van der Waals surface area contributed by atoms with E-state index < -0.39 is 7.60 Å². The van der Waals surface area contributed by atoms with Gasteiger partial charge >= 0.3 is 7.60 Å². The molecule has 0 fully saturated rings. The van der Waals surface area contributed by atoms with Gasteiger partial charge in [-0.1, -0.05) is 6.07 Å². The minimum absolute atomic E-state index is 0.0326. The van der Waals surface area contributed by atoms with E-state index in [0.29, 0.717) is 28.4 Å². The fourth-order valence-electron chi connectivity index (χ4n) is 2.33. The summed E-state index contributed by atoms with van der Waals surface area (Å²) in [5.41, 5.74) is 1.22. The zero-order valence-electron chi connectivity index (χ0n) is 14.2. The number of nitrogens with zero attached hydrogens (tertiary/aromatic N) is 1. The quantitative estimate of drug-likeness (QED) is 0.728. The van der Waals surface area contributed by atoms with Crippen molar-refractivity contribution in [2.24, 2.45) is 0 Å². The minimum Gasteiger partial charge on any atom is -0.493 e. The fourth-order valence-corrected chi connectivity index (χ4v) is 3.03. The molecular weight excluding hydrogens is 345 g/mol. The number of pyridine rings is 1. The Morgan fingerprint density at radius 1 is 1.16 bits per heavy atom. The van der Waals surface area contributed by atoms with Crippen LogP contribution < -0.4 is 14.2 Å². The van der Waals surface area contributed by atoms with Crippen LogP contribution in [0.25, 0.3) is 6.08 Å². The Morgan fingerprint density at radius 2 is 1.80 bits per heavy atom. The van der Waals surface area contributed by atoms with Crippen LogP contribution in [0.1, 0.15) is 11.1 Å². The van der Waals surface area contributed by atoms with Crippen LogP contribution in [0.15, 0.2) is 42.0 Å². The Balaban J connectivity index is 2.51. The van der Waals surface area contributed by atoms with Crippen LogP contribution in [-0.4, -0.2) is 36.1 Å². The molecule has 0 aliphatic rings. The first kappa shape index (κ1) is 19.0. The van der Waals surface area contributed by atoms with Crippen molar-refractivity contribution in [3.05, 3.63) is 53.1 Å². The van der Waals surface area contributed by atoms with E-state index in [1.165, 1.54) is 27.4 Å². The monoisotopic (exact) mass is 365 g/mol. The van der Waals surface area contributed by atoms with Crippen molar-refractivity contribution in [1.29, 1.82) is 0 Å². The maximum absolute atomic E-state index is 11.9. The van der Waals surface area contributed by atoms with Crippen LogP contribution in [0.3, 0.4) is 0 Å². The third kappa shape index (κ3) is 4.82. The van der Waals surface area contributed by atoms with Gasteiger partial charge in [0, 0.05) is 24.1 Å². The van der Waals surface area contributed by atoms with E-state index in [0.717, 1.165) is 0 Å². The maximum Gasteiger partial charge on any atom is 0.352 e. The van der Waals surface area contributed by atoms with Crippen molar-refractivity contribution < 1.29 is 28.6 Å². The third-order valence-corrected chi connectivity index (χ3v) is 4.54. The second kappa shape index (κ2) is 8.16. The molecule has 0 saturated heterocycles. The lowest BCUT2D eigenvalue weighted by molar-refractivity contribution is 0.324. The summed E-state index contributed by atoms with van der Waals surface area (Å²) in [5.74, 6) is 1.21. The highest BCUT2D eigenvalue weighted by atomic mass is 31.2. The molecule has 0 amide bonds. The van der Waals surface area contributed by atoms with E-state index in [-0.39, 0.29) is 11.7 Å². The van der Waals surface area contributed by atoms with E-state index in [1.54, 1.807) is 36.7 Å². The van der Waals surface area contributed by atoms with Crippen molar-refractivity contribution in [2.75, 3.05) is 21.3 Å². The van der Waals surface area contributed by atoms with Crippen LogP contribution in [-0.2, 0) is 11.0 Å². The molecule has 1 aromatic heterocycles. The molecule has 8 heteroatoms. The molecule has 0 atom stereocenters. The molecule has 0 unspecified atom stereocenters. The lowest BCUT2D eigenvalue weighted by Gasteiger charge is -2.14. The molecule has 2 rings (SSSR count). The van der Waals surface area contributed by atoms with E-state index in [4.69, 9.17) is 14.2 Å². The average molecular weight is 365 g/mol. The van der Waals surface area contributed by atoms with Crippen molar-refractivity contribution in [1.82, 2.24) is 4.98 Å². The molecule has 25 heavy (non-hydrogen) atoms. The number of methoxy groups -OCH3 is 3. The first-order valence-corrected chi connectivity index (χ1v) is 8.96. The average Bonchev–Trinajstić information content (AvgIpc) is 2.60. The van der Waals surface area contributed by atoms with Gasteiger partial charge in [-0.05, 0) is 35.4 Å². The van der Waals surface area contributed by atoms with Gasteiger partial charge in [0.25, 0.3) is 0 Å². The predicted molar refractivity (Wildman–Crippen MR) is 94.1 cm³/mol. The normalized spacial score (nSPS) is 12.0. The Labute approximate surface area is 146 Å². The van der Waals surface area contributed by atoms with Crippen LogP contribution in [0.4, 0.5) is 0 Å². The van der Waals surface area contributed by atoms with Gasteiger partial charge in [0.1, 0.15) is 0 Å². The van der Waals surface area contributed by atoms with Crippen LogP contribution in [0, 0.1) is 0 Å². The molecule has 134 valence electrons. The molecule has 0 spiro atoms. The smallest absolute Gasteiger partial charge is 0.352 e. The molecule has 0 saturated carbocycles. The van der Waals surface area contributed by atoms with Gasteiger partial charge < -0.3 is 24.0 Å². The minimum atomic E-state index is -4.45. The molecule has 2 aromatic rings. The van der Waals surface area contributed by atoms with Crippen molar-refractivity contribution in [3.8, 4) is 17.2 Å². The van der Waals surface area contributed by atoms with E-state index in [2.05, 4.69) is 4.98 Å². The fraction of sp³-hybridized carbons (Fsp3) is 0.235. The van der Waals surface area contributed by atoms with E-state index >= 15 is 0 Å². The third-order valence-electron chi connectivity index (χ3n) is 3.50. The summed E-state index contributed by atoms with van der Waals surface area (Å²) >= 11 is 0.